The lowest BCUT2D eigenvalue weighted by molar-refractivity contribution is -0.151. The highest BCUT2D eigenvalue weighted by atomic mass is 16.5. The van der Waals surface area contributed by atoms with E-state index in [-0.39, 0.29) is 23.7 Å². The minimum Gasteiger partial charge on any atom is -0.466 e. The van der Waals surface area contributed by atoms with E-state index in [0.29, 0.717) is 39.1 Å². The summed E-state index contributed by atoms with van der Waals surface area (Å²) < 4.78 is 5.05. The number of carbonyl (C=O) groups excluding carboxylic acids is 2. The van der Waals surface area contributed by atoms with Crippen molar-refractivity contribution in [3.8, 4) is 0 Å². The van der Waals surface area contributed by atoms with Crippen molar-refractivity contribution >= 4 is 11.9 Å². The number of esters is 1. The topological polar surface area (TPSA) is 72.6 Å². The van der Waals surface area contributed by atoms with Crippen LogP contribution in [-0.4, -0.2) is 43.0 Å². The first-order valence-corrected chi connectivity index (χ1v) is 7.87. The Kier molecular flexibility index (Phi) is 5.95. The largest absolute Gasteiger partial charge is 0.466 e. The molecule has 1 aromatic carbocycles. The van der Waals surface area contributed by atoms with Crippen molar-refractivity contribution in [2.24, 2.45) is 11.7 Å². The third kappa shape index (κ3) is 3.85. The quantitative estimate of drug-likeness (QED) is 0.837. The Balaban J connectivity index is 1.95. The molecule has 0 saturated carbocycles. The van der Waals surface area contributed by atoms with Crippen molar-refractivity contribution < 1.29 is 14.3 Å². The second kappa shape index (κ2) is 7.94. The summed E-state index contributed by atoms with van der Waals surface area (Å²) in [6.07, 6.45) is 1.33. The first-order valence-electron chi connectivity index (χ1n) is 7.87. The average molecular weight is 304 g/mol. The zero-order valence-electron chi connectivity index (χ0n) is 13.0. The third-order valence-corrected chi connectivity index (χ3v) is 4.16. The van der Waals surface area contributed by atoms with E-state index >= 15 is 0 Å². The fourth-order valence-corrected chi connectivity index (χ4v) is 2.88. The van der Waals surface area contributed by atoms with Gasteiger partial charge in [0.2, 0.25) is 5.91 Å². The molecule has 2 rings (SSSR count). The molecule has 1 heterocycles. The van der Waals surface area contributed by atoms with E-state index in [1.807, 2.05) is 42.2 Å². The molecule has 1 fully saturated rings. The van der Waals surface area contributed by atoms with Crippen molar-refractivity contribution in [1.82, 2.24) is 4.90 Å². The van der Waals surface area contributed by atoms with Crippen LogP contribution >= 0.6 is 0 Å². The minimum atomic E-state index is -0.305. The standard InChI is InChI=1S/C17H24N2O3/c1-2-22-17(21)14-8-10-19(11-9-14)16(20)15(12-18)13-6-4-3-5-7-13/h3-7,14-15H,2,8-12,18H2,1H3. The van der Waals surface area contributed by atoms with E-state index in [4.69, 9.17) is 10.5 Å². The Labute approximate surface area is 131 Å². The molecule has 1 aliphatic rings. The maximum atomic E-state index is 12.7. The summed E-state index contributed by atoms with van der Waals surface area (Å²) in [5, 5.41) is 0. The fourth-order valence-electron chi connectivity index (χ4n) is 2.88. The number of amides is 1. The number of carbonyl (C=O) groups is 2. The van der Waals surface area contributed by atoms with E-state index in [9.17, 15) is 9.59 Å². The molecular formula is C17H24N2O3. The highest BCUT2D eigenvalue weighted by Crippen LogP contribution is 2.23. The van der Waals surface area contributed by atoms with Crippen LogP contribution in [0, 0.1) is 5.92 Å². The van der Waals surface area contributed by atoms with Crippen molar-refractivity contribution in [3.63, 3.8) is 0 Å². The van der Waals surface area contributed by atoms with Gasteiger partial charge in [-0.2, -0.15) is 0 Å². The van der Waals surface area contributed by atoms with E-state index in [2.05, 4.69) is 0 Å². The number of ether oxygens (including phenoxy) is 1. The van der Waals surface area contributed by atoms with Gasteiger partial charge in [0, 0.05) is 19.6 Å². The molecule has 22 heavy (non-hydrogen) atoms. The molecule has 0 radical (unpaired) electrons. The smallest absolute Gasteiger partial charge is 0.309 e. The fraction of sp³-hybridized carbons (Fsp3) is 0.529. The number of hydrogen-bond acceptors (Lipinski definition) is 4. The molecular weight excluding hydrogens is 280 g/mol. The van der Waals surface area contributed by atoms with Crippen molar-refractivity contribution in [2.45, 2.75) is 25.7 Å². The molecule has 0 spiro atoms. The van der Waals surface area contributed by atoms with E-state index in [0.717, 1.165) is 5.56 Å². The SMILES string of the molecule is CCOC(=O)C1CCN(C(=O)C(CN)c2ccccc2)CC1. The number of benzene rings is 1. The maximum Gasteiger partial charge on any atom is 0.309 e. The molecule has 1 saturated heterocycles. The van der Waals surface area contributed by atoms with Crippen LogP contribution in [0.3, 0.4) is 0 Å². The van der Waals surface area contributed by atoms with Gasteiger partial charge in [-0.25, -0.2) is 0 Å². The average Bonchev–Trinajstić information content (AvgIpc) is 2.57. The molecule has 0 aliphatic carbocycles. The summed E-state index contributed by atoms with van der Waals surface area (Å²) in [5.74, 6) is -0.485. The Morgan fingerprint density at radius 3 is 2.45 bits per heavy atom. The highest BCUT2D eigenvalue weighted by molar-refractivity contribution is 5.84. The van der Waals surface area contributed by atoms with E-state index in [1.54, 1.807) is 0 Å². The van der Waals surface area contributed by atoms with Crippen LogP contribution in [0.4, 0.5) is 0 Å². The number of likely N-dealkylation sites (tertiary alicyclic amines) is 1. The summed E-state index contributed by atoms with van der Waals surface area (Å²) in [6, 6.07) is 9.62. The highest BCUT2D eigenvalue weighted by Gasteiger charge is 2.31. The van der Waals surface area contributed by atoms with Gasteiger partial charge in [-0.15, -0.1) is 0 Å². The van der Waals surface area contributed by atoms with Gasteiger partial charge in [0.15, 0.2) is 0 Å². The summed E-state index contributed by atoms with van der Waals surface area (Å²) in [7, 11) is 0. The summed E-state index contributed by atoms with van der Waals surface area (Å²) in [5.41, 5.74) is 6.75. The first kappa shape index (κ1) is 16.5. The van der Waals surface area contributed by atoms with Crippen molar-refractivity contribution in [1.29, 1.82) is 0 Å². The van der Waals surface area contributed by atoms with Crippen LogP contribution in [0.2, 0.25) is 0 Å². The molecule has 1 aliphatic heterocycles. The lowest BCUT2D eigenvalue weighted by atomic mass is 9.93. The van der Waals surface area contributed by atoms with Crippen LogP contribution < -0.4 is 5.73 Å². The van der Waals surface area contributed by atoms with E-state index in [1.165, 1.54) is 0 Å². The molecule has 0 aromatic heterocycles. The van der Waals surface area contributed by atoms with Gasteiger partial charge < -0.3 is 15.4 Å². The summed E-state index contributed by atoms with van der Waals surface area (Å²) in [4.78, 5) is 26.2. The van der Waals surface area contributed by atoms with Gasteiger partial charge in [0.05, 0.1) is 18.4 Å². The Morgan fingerprint density at radius 2 is 1.91 bits per heavy atom. The van der Waals surface area contributed by atoms with Crippen LogP contribution in [0.5, 0.6) is 0 Å². The van der Waals surface area contributed by atoms with Crippen molar-refractivity contribution in [3.05, 3.63) is 35.9 Å². The summed E-state index contributed by atoms with van der Waals surface area (Å²) >= 11 is 0. The van der Waals surface area contributed by atoms with Crippen LogP contribution in [0.25, 0.3) is 0 Å². The second-order valence-electron chi connectivity index (χ2n) is 5.55. The number of nitrogens with zero attached hydrogens (tertiary/aromatic N) is 1. The van der Waals surface area contributed by atoms with Crippen molar-refractivity contribution in [2.75, 3.05) is 26.2 Å². The zero-order valence-corrected chi connectivity index (χ0v) is 13.0. The Hall–Kier alpha value is -1.88. The molecule has 1 atom stereocenters. The van der Waals surface area contributed by atoms with Gasteiger partial charge in [-0.1, -0.05) is 30.3 Å². The number of hydrogen-bond donors (Lipinski definition) is 1. The van der Waals surface area contributed by atoms with Gasteiger partial charge in [-0.05, 0) is 25.3 Å². The molecule has 5 nitrogen and oxygen atoms in total. The number of nitrogens with two attached hydrogens (primary N) is 1. The molecule has 0 bridgehead atoms. The zero-order chi connectivity index (χ0) is 15.9. The van der Waals surface area contributed by atoms with Gasteiger partial charge in [0.25, 0.3) is 0 Å². The molecule has 1 aromatic rings. The summed E-state index contributed by atoms with van der Waals surface area (Å²) in [6.45, 7) is 3.68. The monoisotopic (exact) mass is 304 g/mol. The van der Waals surface area contributed by atoms with Gasteiger partial charge >= 0.3 is 5.97 Å². The minimum absolute atomic E-state index is 0.0519. The lowest BCUT2D eigenvalue weighted by Gasteiger charge is -2.33. The van der Waals surface area contributed by atoms with Crippen LogP contribution in [0.1, 0.15) is 31.2 Å². The normalized spacial score (nSPS) is 17.1. The third-order valence-electron chi connectivity index (χ3n) is 4.16. The second-order valence-corrected chi connectivity index (χ2v) is 5.55. The number of rotatable bonds is 5. The van der Waals surface area contributed by atoms with Crippen LogP contribution in [-0.2, 0) is 14.3 Å². The first-order chi connectivity index (χ1) is 10.7. The predicted octanol–water partition coefficient (Wildman–Crippen LogP) is 1.53. The Bertz CT molecular complexity index is 496. The molecule has 1 unspecified atom stereocenters. The molecule has 5 heteroatoms. The predicted molar refractivity (Wildman–Crippen MR) is 84.2 cm³/mol. The Morgan fingerprint density at radius 1 is 1.27 bits per heavy atom. The molecule has 120 valence electrons. The number of piperidine rings is 1. The molecule has 1 amide bonds. The maximum absolute atomic E-state index is 12.7. The molecule has 2 N–H and O–H groups in total. The van der Waals surface area contributed by atoms with E-state index < -0.39 is 0 Å². The van der Waals surface area contributed by atoms with Crippen LogP contribution in [0.15, 0.2) is 30.3 Å². The lowest BCUT2D eigenvalue weighted by Crippen LogP contribution is -2.44. The van der Waals surface area contributed by atoms with Gasteiger partial charge in [-0.3, -0.25) is 9.59 Å². The van der Waals surface area contributed by atoms with Gasteiger partial charge in [0.1, 0.15) is 0 Å².